The van der Waals surface area contributed by atoms with E-state index in [4.69, 9.17) is 16.3 Å². The fourth-order valence-electron chi connectivity index (χ4n) is 4.14. The van der Waals surface area contributed by atoms with Crippen LogP contribution in [0.4, 0.5) is 15.3 Å². The summed E-state index contributed by atoms with van der Waals surface area (Å²) in [5, 5.41) is 12.7. The fraction of sp³-hybridized carbons (Fsp3) is 0.483. The topological polar surface area (TPSA) is 112 Å². The molecule has 2 aromatic carbocycles. The number of hydrogen-bond acceptors (Lipinski definition) is 5. The largest absolute Gasteiger partial charge is 0.444 e. The minimum Gasteiger partial charge on any atom is -0.444 e. The Labute approximate surface area is 236 Å². The summed E-state index contributed by atoms with van der Waals surface area (Å²) in [4.78, 5) is 38.1. The maximum Gasteiger partial charge on any atom is 0.407 e. The van der Waals surface area contributed by atoms with E-state index in [1.165, 1.54) is 0 Å². The highest BCUT2D eigenvalue weighted by Crippen LogP contribution is 2.18. The van der Waals surface area contributed by atoms with Crippen LogP contribution in [0.2, 0.25) is 5.02 Å². The number of benzene rings is 2. The molecule has 0 spiro atoms. The van der Waals surface area contributed by atoms with Gasteiger partial charge in [0.05, 0.1) is 0 Å². The lowest BCUT2D eigenvalue weighted by atomic mass is 10.0. The number of nitrogens with one attached hydrogen (secondary N) is 4. The van der Waals surface area contributed by atoms with Gasteiger partial charge in [0.25, 0.3) is 0 Å². The Hall–Kier alpha value is -3.46. The van der Waals surface area contributed by atoms with Crippen molar-refractivity contribution in [1.29, 1.82) is 0 Å². The zero-order chi connectivity index (χ0) is 28.3. The second kappa shape index (κ2) is 14.6. The van der Waals surface area contributed by atoms with E-state index in [-0.39, 0.29) is 24.4 Å². The molecule has 2 aromatic rings. The Morgan fingerprint density at radius 2 is 1.54 bits per heavy atom. The van der Waals surface area contributed by atoms with E-state index in [0.717, 1.165) is 36.1 Å². The lowest BCUT2D eigenvalue weighted by Gasteiger charge is -2.33. The second-order valence-corrected chi connectivity index (χ2v) is 11.1. The monoisotopic (exact) mass is 557 g/mol. The number of likely N-dealkylation sites (tertiary alicyclic amines) is 1. The molecule has 1 aliphatic heterocycles. The van der Waals surface area contributed by atoms with Gasteiger partial charge in [0.2, 0.25) is 5.91 Å². The van der Waals surface area contributed by atoms with Crippen LogP contribution < -0.4 is 21.3 Å². The van der Waals surface area contributed by atoms with Crippen LogP contribution in [0.3, 0.4) is 0 Å². The Bertz CT molecular complexity index is 1080. The van der Waals surface area contributed by atoms with E-state index in [9.17, 15) is 14.4 Å². The second-order valence-electron chi connectivity index (χ2n) is 10.7. The van der Waals surface area contributed by atoms with Crippen molar-refractivity contribution in [3.63, 3.8) is 0 Å². The smallest absolute Gasteiger partial charge is 0.407 e. The molecular weight excluding hydrogens is 518 g/mol. The molecule has 1 aliphatic rings. The highest BCUT2D eigenvalue weighted by atomic mass is 35.5. The number of hydrogen-bond donors (Lipinski definition) is 4. The molecular formula is C29H40ClN5O4. The number of ether oxygens (including phenoxy) is 1. The van der Waals surface area contributed by atoms with Gasteiger partial charge in [-0.25, -0.2) is 9.59 Å². The molecule has 0 aromatic heterocycles. The van der Waals surface area contributed by atoms with E-state index in [1.807, 2.05) is 57.2 Å². The highest BCUT2D eigenvalue weighted by molar-refractivity contribution is 6.30. The molecule has 39 heavy (non-hydrogen) atoms. The van der Waals surface area contributed by atoms with Crippen LogP contribution in [0, 0.1) is 0 Å². The number of carbonyl (C=O) groups excluding carboxylic acids is 3. The molecule has 9 nitrogen and oxygen atoms in total. The van der Waals surface area contributed by atoms with Crippen LogP contribution in [-0.2, 0) is 22.5 Å². The quantitative estimate of drug-likeness (QED) is 0.338. The van der Waals surface area contributed by atoms with Crippen LogP contribution in [0.1, 0.15) is 51.2 Å². The summed E-state index contributed by atoms with van der Waals surface area (Å²) in [5.41, 5.74) is 2.62. The lowest BCUT2D eigenvalue weighted by molar-refractivity contribution is -0.121. The van der Waals surface area contributed by atoms with Crippen molar-refractivity contribution in [2.24, 2.45) is 0 Å². The molecule has 1 saturated heterocycles. The van der Waals surface area contributed by atoms with E-state index in [1.54, 1.807) is 17.0 Å². The summed E-state index contributed by atoms with van der Waals surface area (Å²) in [6.45, 7) is 8.06. The van der Waals surface area contributed by atoms with Gasteiger partial charge >= 0.3 is 12.1 Å². The zero-order valence-electron chi connectivity index (χ0n) is 23.0. The van der Waals surface area contributed by atoms with Gasteiger partial charge in [0, 0.05) is 55.9 Å². The fourth-order valence-corrected chi connectivity index (χ4v) is 4.27. The molecule has 0 radical (unpaired) electrons. The minimum atomic E-state index is -0.505. The van der Waals surface area contributed by atoms with Crippen molar-refractivity contribution >= 4 is 35.3 Å². The molecule has 0 aliphatic carbocycles. The van der Waals surface area contributed by atoms with Crippen molar-refractivity contribution in [1.82, 2.24) is 20.9 Å². The first-order valence-electron chi connectivity index (χ1n) is 13.4. The maximum absolute atomic E-state index is 12.5. The number of rotatable bonds is 10. The Kier molecular flexibility index (Phi) is 11.3. The van der Waals surface area contributed by atoms with Crippen LogP contribution in [0.5, 0.6) is 0 Å². The normalized spacial score (nSPS) is 13.9. The van der Waals surface area contributed by atoms with Gasteiger partial charge in [0.1, 0.15) is 5.60 Å². The number of halogens is 1. The summed E-state index contributed by atoms with van der Waals surface area (Å²) >= 11 is 5.87. The number of urea groups is 1. The average Bonchev–Trinajstić information content (AvgIpc) is 2.89. The summed E-state index contributed by atoms with van der Waals surface area (Å²) in [7, 11) is 0. The summed E-state index contributed by atoms with van der Waals surface area (Å²) in [6.07, 6.45) is 2.23. The van der Waals surface area contributed by atoms with Gasteiger partial charge in [-0.1, -0.05) is 35.9 Å². The third-order valence-electron chi connectivity index (χ3n) is 6.22. The van der Waals surface area contributed by atoms with Gasteiger partial charge in [-0.2, -0.15) is 0 Å². The first-order chi connectivity index (χ1) is 18.6. The van der Waals surface area contributed by atoms with E-state index < -0.39 is 11.7 Å². The molecule has 3 rings (SSSR count). The molecule has 212 valence electrons. The van der Waals surface area contributed by atoms with Gasteiger partial charge < -0.3 is 30.9 Å². The van der Waals surface area contributed by atoms with Crippen molar-refractivity contribution < 1.29 is 19.1 Å². The van der Waals surface area contributed by atoms with Gasteiger partial charge in [-0.05, 0) is 75.4 Å². The predicted molar refractivity (Wildman–Crippen MR) is 154 cm³/mol. The number of nitrogens with zero attached hydrogens (tertiary/aromatic N) is 1. The molecule has 0 saturated carbocycles. The Morgan fingerprint density at radius 1 is 0.897 bits per heavy atom. The van der Waals surface area contributed by atoms with Crippen molar-refractivity contribution in [2.45, 2.75) is 64.6 Å². The molecule has 0 unspecified atom stereocenters. The minimum absolute atomic E-state index is 0.113. The Balaban J connectivity index is 1.28. The van der Waals surface area contributed by atoms with Crippen molar-refractivity contribution in [2.75, 3.05) is 31.5 Å². The number of amides is 4. The highest BCUT2D eigenvalue weighted by Gasteiger charge is 2.22. The molecule has 0 atom stereocenters. The van der Waals surface area contributed by atoms with Crippen LogP contribution in [0.15, 0.2) is 48.5 Å². The molecule has 1 heterocycles. The van der Waals surface area contributed by atoms with Gasteiger partial charge in [-0.3, -0.25) is 4.79 Å². The molecule has 4 amide bonds. The van der Waals surface area contributed by atoms with Crippen LogP contribution in [0.25, 0.3) is 0 Å². The SMILES string of the molecule is CC(C)(C)OC(=O)NCCc1ccc(NC2CCN(C(=O)NCCC(=O)NCc3ccc(Cl)cc3)CC2)cc1. The number of alkyl carbamates (subject to hydrolysis) is 1. The maximum atomic E-state index is 12.5. The first kappa shape index (κ1) is 30.1. The third-order valence-corrected chi connectivity index (χ3v) is 6.47. The van der Waals surface area contributed by atoms with Crippen molar-refractivity contribution in [3.8, 4) is 0 Å². The van der Waals surface area contributed by atoms with E-state index in [2.05, 4.69) is 21.3 Å². The summed E-state index contributed by atoms with van der Waals surface area (Å²) in [6, 6.07) is 15.6. The molecule has 1 fully saturated rings. The van der Waals surface area contributed by atoms with Crippen molar-refractivity contribution in [3.05, 3.63) is 64.7 Å². The number of carbonyl (C=O) groups is 3. The predicted octanol–water partition coefficient (Wildman–Crippen LogP) is 4.70. The lowest BCUT2D eigenvalue weighted by Crippen LogP contribution is -2.47. The van der Waals surface area contributed by atoms with Crippen LogP contribution in [-0.4, -0.2) is 60.8 Å². The zero-order valence-corrected chi connectivity index (χ0v) is 23.8. The molecule has 10 heteroatoms. The third kappa shape index (κ3) is 11.4. The molecule has 4 N–H and O–H groups in total. The number of piperidine rings is 1. The standard InChI is InChI=1S/C29H40ClN5O4/c1-29(2,3)39-28(38)32-16-12-21-6-10-24(11-7-21)34-25-14-18-35(19-15-25)27(37)31-17-13-26(36)33-20-22-4-8-23(30)9-5-22/h4-11,25,34H,12-20H2,1-3H3,(H,31,37)(H,32,38)(H,33,36). The average molecular weight is 558 g/mol. The summed E-state index contributed by atoms with van der Waals surface area (Å²) < 4.78 is 5.25. The molecule has 0 bridgehead atoms. The first-order valence-corrected chi connectivity index (χ1v) is 13.8. The summed E-state index contributed by atoms with van der Waals surface area (Å²) in [5.74, 6) is -0.113. The van der Waals surface area contributed by atoms with Gasteiger partial charge in [0.15, 0.2) is 0 Å². The number of anilines is 1. The van der Waals surface area contributed by atoms with Crippen LogP contribution >= 0.6 is 11.6 Å². The van der Waals surface area contributed by atoms with E-state index in [0.29, 0.717) is 37.7 Å². The van der Waals surface area contributed by atoms with Gasteiger partial charge in [-0.15, -0.1) is 0 Å². The van der Waals surface area contributed by atoms with E-state index >= 15 is 0 Å². The Morgan fingerprint density at radius 3 is 2.18 bits per heavy atom.